The van der Waals surface area contributed by atoms with E-state index in [4.69, 9.17) is 0 Å². The van der Waals surface area contributed by atoms with Crippen LogP contribution >= 0.6 is 0 Å². The number of phenols is 1. The molecule has 98 valence electrons. The Labute approximate surface area is 106 Å². The van der Waals surface area contributed by atoms with Crippen LogP contribution in [0.15, 0.2) is 24.5 Å². The van der Waals surface area contributed by atoms with Gasteiger partial charge in [-0.3, -0.25) is 20.2 Å². The normalized spacial score (nSPS) is 10.2. The molecule has 2 rings (SSSR count). The molecule has 9 nitrogen and oxygen atoms in total. The van der Waals surface area contributed by atoms with Crippen LogP contribution < -0.4 is 5.32 Å². The number of phenolic OH excluding ortho intramolecular Hbond substituents is 1. The standard InChI is InChI=1S/C10H9N5O4/c1-14-10(11-5-12-14)13-9(17)6-2-3-7(15(18)19)8(16)4-6/h2-5,16H,1H3,(H,11,12,13,17). The molecule has 0 atom stereocenters. The van der Waals surface area contributed by atoms with Crippen molar-refractivity contribution < 1.29 is 14.8 Å². The number of aromatic nitrogens is 3. The summed E-state index contributed by atoms with van der Waals surface area (Å²) in [6.45, 7) is 0. The van der Waals surface area contributed by atoms with E-state index in [0.717, 1.165) is 12.1 Å². The third-order valence-electron chi connectivity index (χ3n) is 2.37. The van der Waals surface area contributed by atoms with Gasteiger partial charge in [0.25, 0.3) is 5.91 Å². The summed E-state index contributed by atoms with van der Waals surface area (Å²) in [5, 5.41) is 26.2. The Morgan fingerprint density at radius 2 is 2.26 bits per heavy atom. The quantitative estimate of drug-likeness (QED) is 0.620. The predicted octanol–water partition coefficient (Wildman–Crippen LogP) is 0.681. The summed E-state index contributed by atoms with van der Waals surface area (Å²) in [6.07, 6.45) is 1.27. The molecule has 9 heteroatoms. The molecular formula is C10H9N5O4. The van der Waals surface area contributed by atoms with E-state index < -0.39 is 22.3 Å². The molecule has 0 bridgehead atoms. The average Bonchev–Trinajstić information content (AvgIpc) is 2.74. The van der Waals surface area contributed by atoms with Crippen molar-refractivity contribution >= 4 is 17.5 Å². The van der Waals surface area contributed by atoms with E-state index in [1.165, 1.54) is 17.1 Å². The number of hydrogen-bond donors (Lipinski definition) is 2. The van der Waals surface area contributed by atoms with Gasteiger partial charge in [-0.05, 0) is 12.1 Å². The number of hydrogen-bond acceptors (Lipinski definition) is 6. The van der Waals surface area contributed by atoms with Crippen LogP contribution in [0.25, 0.3) is 0 Å². The molecular weight excluding hydrogens is 254 g/mol. The molecule has 1 aromatic heterocycles. The maximum Gasteiger partial charge on any atom is 0.310 e. The van der Waals surface area contributed by atoms with Crippen LogP contribution in [0.4, 0.5) is 11.6 Å². The lowest BCUT2D eigenvalue weighted by Crippen LogP contribution is -2.15. The number of aryl methyl sites for hydroxylation is 1. The molecule has 0 aliphatic rings. The lowest BCUT2D eigenvalue weighted by atomic mass is 10.2. The first kappa shape index (κ1) is 12.5. The topological polar surface area (TPSA) is 123 Å². The summed E-state index contributed by atoms with van der Waals surface area (Å²) in [5.74, 6) is -0.903. The van der Waals surface area contributed by atoms with Crippen molar-refractivity contribution in [2.24, 2.45) is 7.05 Å². The molecule has 0 saturated carbocycles. The Kier molecular flexibility index (Phi) is 3.10. The molecule has 1 aromatic carbocycles. The lowest BCUT2D eigenvalue weighted by molar-refractivity contribution is -0.385. The van der Waals surface area contributed by atoms with Crippen molar-refractivity contribution in [1.29, 1.82) is 0 Å². The second-order valence-electron chi connectivity index (χ2n) is 3.62. The van der Waals surface area contributed by atoms with Gasteiger partial charge in [-0.25, -0.2) is 4.68 Å². The molecule has 0 aliphatic carbocycles. The minimum atomic E-state index is -0.736. The third kappa shape index (κ3) is 2.49. The zero-order valence-electron chi connectivity index (χ0n) is 9.77. The van der Waals surface area contributed by atoms with Crippen LogP contribution in [0, 0.1) is 10.1 Å². The number of nitrogens with one attached hydrogen (secondary N) is 1. The highest BCUT2D eigenvalue weighted by Gasteiger charge is 2.16. The molecule has 2 aromatic rings. The van der Waals surface area contributed by atoms with Gasteiger partial charge in [-0.1, -0.05) is 0 Å². The van der Waals surface area contributed by atoms with Crippen LogP contribution in [0.1, 0.15) is 10.4 Å². The highest BCUT2D eigenvalue weighted by atomic mass is 16.6. The van der Waals surface area contributed by atoms with Gasteiger partial charge in [0.15, 0.2) is 5.75 Å². The fraction of sp³-hybridized carbons (Fsp3) is 0.100. The molecule has 0 aliphatic heterocycles. The summed E-state index contributed by atoms with van der Waals surface area (Å²) in [7, 11) is 1.59. The van der Waals surface area contributed by atoms with E-state index in [9.17, 15) is 20.0 Å². The number of carbonyl (C=O) groups excluding carboxylic acids is 1. The van der Waals surface area contributed by atoms with Crippen LogP contribution in [-0.2, 0) is 7.05 Å². The minimum Gasteiger partial charge on any atom is -0.502 e. The lowest BCUT2D eigenvalue weighted by Gasteiger charge is -2.04. The SMILES string of the molecule is Cn1ncnc1NC(=O)c1ccc([N+](=O)[O-])c(O)c1. The van der Waals surface area contributed by atoms with Crippen LogP contribution in [-0.4, -0.2) is 30.7 Å². The number of benzene rings is 1. The Morgan fingerprint density at radius 1 is 1.53 bits per heavy atom. The van der Waals surface area contributed by atoms with E-state index in [2.05, 4.69) is 15.4 Å². The van der Waals surface area contributed by atoms with Gasteiger partial charge in [0.05, 0.1) is 4.92 Å². The van der Waals surface area contributed by atoms with E-state index in [1.807, 2.05) is 0 Å². The van der Waals surface area contributed by atoms with Gasteiger partial charge in [0.2, 0.25) is 5.95 Å². The fourth-order valence-electron chi connectivity index (χ4n) is 1.40. The van der Waals surface area contributed by atoms with Gasteiger partial charge in [-0.2, -0.15) is 10.1 Å². The number of nitro benzene ring substituents is 1. The molecule has 1 amide bonds. The molecule has 2 N–H and O–H groups in total. The maximum absolute atomic E-state index is 11.8. The summed E-state index contributed by atoms with van der Waals surface area (Å²) >= 11 is 0. The highest BCUT2D eigenvalue weighted by molar-refractivity contribution is 6.03. The molecule has 0 spiro atoms. The monoisotopic (exact) mass is 263 g/mol. The van der Waals surface area contributed by atoms with Gasteiger partial charge in [0, 0.05) is 18.7 Å². The van der Waals surface area contributed by atoms with Crippen LogP contribution in [0.2, 0.25) is 0 Å². The number of rotatable bonds is 3. The maximum atomic E-state index is 11.8. The Morgan fingerprint density at radius 3 is 2.79 bits per heavy atom. The van der Waals surface area contributed by atoms with Crippen molar-refractivity contribution in [1.82, 2.24) is 14.8 Å². The number of aromatic hydroxyl groups is 1. The van der Waals surface area contributed by atoms with Crippen molar-refractivity contribution in [2.75, 3.05) is 5.32 Å². The summed E-state index contributed by atoms with van der Waals surface area (Å²) in [6, 6.07) is 3.31. The smallest absolute Gasteiger partial charge is 0.310 e. The molecule has 0 radical (unpaired) electrons. The number of nitro groups is 1. The first-order chi connectivity index (χ1) is 8.99. The summed E-state index contributed by atoms with van der Waals surface area (Å²) < 4.78 is 1.35. The Hall–Kier alpha value is -2.97. The summed E-state index contributed by atoms with van der Waals surface area (Å²) in [5.41, 5.74) is -0.388. The number of anilines is 1. The zero-order chi connectivity index (χ0) is 14.0. The molecule has 0 saturated heterocycles. The van der Waals surface area contributed by atoms with E-state index in [-0.39, 0.29) is 11.5 Å². The largest absolute Gasteiger partial charge is 0.502 e. The summed E-state index contributed by atoms with van der Waals surface area (Å²) in [4.78, 5) is 25.4. The van der Waals surface area contributed by atoms with E-state index in [0.29, 0.717) is 0 Å². The molecule has 0 unspecified atom stereocenters. The van der Waals surface area contributed by atoms with Crippen molar-refractivity contribution in [3.63, 3.8) is 0 Å². The van der Waals surface area contributed by atoms with Crippen LogP contribution in [0.3, 0.4) is 0 Å². The number of carbonyl (C=O) groups is 1. The van der Waals surface area contributed by atoms with Crippen molar-refractivity contribution in [2.45, 2.75) is 0 Å². The minimum absolute atomic E-state index is 0.0751. The number of nitrogens with zero attached hydrogens (tertiary/aromatic N) is 4. The van der Waals surface area contributed by atoms with Gasteiger partial charge >= 0.3 is 5.69 Å². The highest BCUT2D eigenvalue weighted by Crippen LogP contribution is 2.26. The molecule has 0 fully saturated rings. The number of amides is 1. The van der Waals surface area contributed by atoms with Crippen molar-refractivity contribution in [3.05, 3.63) is 40.2 Å². The Bertz CT molecular complexity index is 651. The van der Waals surface area contributed by atoms with Gasteiger partial charge in [-0.15, -0.1) is 0 Å². The molecule has 1 heterocycles. The first-order valence-electron chi connectivity index (χ1n) is 5.12. The fourth-order valence-corrected chi connectivity index (χ4v) is 1.40. The third-order valence-corrected chi connectivity index (χ3v) is 2.37. The van der Waals surface area contributed by atoms with E-state index in [1.54, 1.807) is 7.05 Å². The second kappa shape index (κ2) is 4.72. The first-order valence-corrected chi connectivity index (χ1v) is 5.12. The van der Waals surface area contributed by atoms with Crippen LogP contribution in [0.5, 0.6) is 5.75 Å². The molecule has 19 heavy (non-hydrogen) atoms. The van der Waals surface area contributed by atoms with E-state index >= 15 is 0 Å². The average molecular weight is 263 g/mol. The predicted molar refractivity (Wildman–Crippen MR) is 63.7 cm³/mol. The van der Waals surface area contributed by atoms with Crippen molar-refractivity contribution in [3.8, 4) is 5.75 Å². The second-order valence-corrected chi connectivity index (χ2v) is 3.62. The van der Waals surface area contributed by atoms with Gasteiger partial charge in [0.1, 0.15) is 6.33 Å². The zero-order valence-corrected chi connectivity index (χ0v) is 9.77. The van der Waals surface area contributed by atoms with Gasteiger partial charge < -0.3 is 5.11 Å². The Balaban J connectivity index is 2.23.